The van der Waals surface area contributed by atoms with Gasteiger partial charge in [0, 0.05) is 5.92 Å². The molecule has 1 aromatic carbocycles. The highest BCUT2D eigenvalue weighted by atomic mass is 19.1. The summed E-state index contributed by atoms with van der Waals surface area (Å²) >= 11 is 0. The summed E-state index contributed by atoms with van der Waals surface area (Å²) in [7, 11) is 0. The molecular formula is C24H31FO. The van der Waals surface area contributed by atoms with Gasteiger partial charge in [0.1, 0.15) is 11.9 Å². The van der Waals surface area contributed by atoms with E-state index in [0.29, 0.717) is 29.9 Å². The Bertz CT molecular complexity index is 736. The minimum Gasteiger partial charge on any atom is -0.508 e. The number of hydrogen-bond acceptors (Lipinski definition) is 1. The zero-order chi connectivity index (χ0) is 18.5. The normalized spacial score (nSPS) is 38.1. The van der Waals surface area contributed by atoms with Crippen LogP contribution in [0.1, 0.15) is 63.0 Å². The fraction of sp³-hybridized carbons (Fsp3) is 0.583. The molecule has 1 nitrogen and oxygen atoms in total. The minimum atomic E-state index is -0.798. The van der Waals surface area contributed by atoms with Crippen molar-refractivity contribution in [3.05, 3.63) is 53.6 Å². The highest BCUT2D eigenvalue weighted by molar-refractivity contribution is 5.42. The lowest BCUT2D eigenvalue weighted by atomic mass is 9.50. The van der Waals surface area contributed by atoms with Crippen molar-refractivity contribution in [1.29, 1.82) is 0 Å². The van der Waals surface area contributed by atoms with Crippen LogP contribution in [-0.2, 0) is 6.42 Å². The minimum absolute atomic E-state index is 0.00884. The molecule has 1 unspecified atom stereocenters. The van der Waals surface area contributed by atoms with Crippen molar-refractivity contribution in [2.24, 2.45) is 23.2 Å². The van der Waals surface area contributed by atoms with Crippen molar-refractivity contribution in [3.63, 3.8) is 0 Å². The topological polar surface area (TPSA) is 20.2 Å². The molecule has 2 heteroatoms. The number of aromatic hydroxyl groups is 1. The molecular weight excluding hydrogens is 323 g/mol. The molecule has 4 rings (SSSR count). The smallest absolute Gasteiger partial charge is 0.115 e. The van der Waals surface area contributed by atoms with Crippen molar-refractivity contribution in [2.45, 2.75) is 64.5 Å². The molecule has 0 heterocycles. The molecule has 0 aromatic heterocycles. The molecule has 3 aliphatic carbocycles. The van der Waals surface area contributed by atoms with Crippen LogP contribution in [0.2, 0.25) is 0 Å². The lowest BCUT2D eigenvalue weighted by molar-refractivity contribution is -0.0158. The van der Waals surface area contributed by atoms with E-state index >= 15 is 4.39 Å². The zero-order valence-corrected chi connectivity index (χ0v) is 16.0. The Balaban J connectivity index is 1.75. The second-order valence-corrected chi connectivity index (χ2v) is 9.04. The molecule has 3 aliphatic rings. The second-order valence-electron chi connectivity index (χ2n) is 9.04. The van der Waals surface area contributed by atoms with Crippen molar-refractivity contribution in [2.75, 3.05) is 0 Å². The predicted octanol–water partition coefficient (Wildman–Crippen LogP) is 6.33. The van der Waals surface area contributed by atoms with Crippen molar-refractivity contribution >= 4 is 0 Å². The summed E-state index contributed by atoms with van der Waals surface area (Å²) in [6.45, 7) is 8.36. The average Bonchev–Trinajstić information content (AvgIpc) is 2.89. The highest BCUT2D eigenvalue weighted by Gasteiger charge is 2.57. The van der Waals surface area contributed by atoms with E-state index in [4.69, 9.17) is 0 Å². The Morgan fingerprint density at radius 3 is 2.96 bits per heavy atom. The number of alkyl halides is 1. The van der Waals surface area contributed by atoms with E-state index < -0.39 is 6.17 Å². The fourth-order valence-corrected chi connectivity index (χ4v) is 6.36. The van der Waals surface area contributed by atoms with Crippen LogP contribution in [0, 0.1) is 23.2 Å². The summed E-state index contributed by atoms with van der Waals surface area (Å²) in [5.41, 5.74) is 3.74. The molecule has 6 atom stereocenters. The molecule has 0 bridgehead atoms. The number of fused-ring (bicyclic) bond motifs is 5. The van der Waals surface area contributed by atoms with Gasteiger partial charge in [-0.15, -0.1) is 6.58 Å². The maximum atomic E-state index is 15.6. The van der Waals surface area contributed by atoms with Gasteiger partial charge in [-0.1, -0.05) is 30.7 Å². The number of hydrogen-bond donors (Lipinski definition) is 1. The monoisotopic (exact) mass is 354 g/mol. The highest BCUT2D eigenvalue weighted by Crippen LogP contribution is 2.63. The average molecular weight is 355 g/mol. The van der Waals surface area contributed by atoms with Crippen LogP contribution in [0.25, 0.3) is 0 Å². The van der Waals surface area contributed by atoms with Gasteiger partial charge in [0.2, 0.25) is 0 Å². The Morgan fingerprint density at radius 2 is 2.19 bits per heavy atom. The van der Waals surface area contributed by atoms with Crippen LogP contribution in [0.5, 0.6) is 5.75 Å². The molecule has 1 N–H and O–H groups in total. The van der Waals surface area contributed by atoms with Gasteiger partial charge >= 0.3 is 0 Å². The summed E-state index contributed by atoms with van der Waals surface area (Å²) in [4.78, 5) is 0. The van der Waals surface area contributed by atoms with Gasteiger partial charge in [-0.05, 0) is 91.9 Å². The Hall–Kier alpha value is -1.57. The maximum absolute atomic E-state index is 15.6. The molecule has 0 radical (unpaired) electrons. The lowest BCUT2D eigenvalue weighted by Gasteiger charge is -2.54. The van der Waals surface area contributed by atoms with Crippen LogP contribution >= 0.6 is 0 Å². The molecule has 1 saturated carbocycles. The molecule has 26 heavy (non-hydrogen) atoms. The summed E-state index contributed by atoms with van der Waals surface area (Å²) in [6.07, 6.45) is 9.55. The number of rotatable bonds is 4. The SMILES string of the molecule is C=CCCCC1Cc2cc(O)ccc2[C@@H]2[C@@H]1[C@@H]1CC=C(C)[C@]1(C)C[C@@H]2F. The summed E-state index contributed by atoms with van der Waals surface area (Å²) in [5.74, 6) is 1.75. The van der Waals surface area contributed by atoms with Crippen LogP contribution in [0.4, 0.5) is 4.39 Å². The maximum Gasteiger partial charge on any atom is 0.115 e. The van der Waals surface area contributed by atoms with Crippen molar-refractivity contribution in [1.82, 2.24) is 0 Å². The van der Waals surface area contributed by atoms with Crippen LogP contribution in [0.3, 0.4) is 0 Å². The molecule has 1 fully saturated rings. The molecule has 140 valence electrons. The van der Waals surface area contributed by atoms with Crippen LogP contribution in [-0.4, -0.2) is 11.3 Å². The molecule has 0 amide bonds. The van der Waals surface area contributed by atoms with E-state index in [1.807, 2.05) is 18.2 Å². The number of halogens is 1. The molecule has 0 saturated heterocycles. The van der Waals surface area contributed by atoms with Gasteiger partial charge in [0.05, 0.1) is 0 Å². The standard InChI is InChI=1S/C24H31FO/c1-4-5-6-7-16-12-17-13-18(26)9-10-19(17)23-21(25)14-24(3)15(2)8-11-20(24)22(16)23/h4,8-10,13,16,20-23,26H,1,5-7,11-12,14H2,2-3H3/t16?,20-,21-,22-,23-,24-/m0/s1. The number of allylic oxidation sites excluding steroid dienone is 3. The first-order valence-corrected chi connectivity index (χ1v) is 10.2. The number of benzene rings is 1. The second kappa shape index (κ2) is 6.55. The zero-order valence-electron chi connectivity index (χ0n) is 16.0. The molecule has 0 spiro atoms. The van der Waals surface area contributed by atoms with E-state index in [1.54, 1.807) is 6.07 Å². The predicted molar refractivity (Wildman–Crippen MR) is 105 cm³/mol. The Labute approximate surface area is 157 Å². The van der Waals surface area contributed by atoms with E-state index in [1.165, 1.54) is 11.1 Å². The lowest BCUT2D eigenvalue weighted by Crippen LogP contribution is -2.49. The quantitative estimate of drug-likeness (QED) is 0.494. The first kappa shape index (κ1) is 17.8. The first-order valence-electron chi connectivity index (χ1n) is 10.2. The van der Waals surface area contributed by atoms with Gasteiger partial charge in [-0.3, -0.25) is 0 Å². The summed E-state index contributed by atoms with van der Waals surface area (Å²) in [5, 5.41) is 9.96. The van der Waals surface area contributed by atoms with E-state index in [9.17, 15) is 5.11 Å². The molecule has 1 aromatic rings. The third-order valence-corrected chi connectivity index (χ3v) is 7.78. The van der Waals surface area contributed by atoms with Gasteiger partial charge in [0.25, 0.3) is 0 Å². The first-order chi connectivity index (χ1) is 12.5. The third kappa shape index (κ3) is 2.64. The number of phenols is 1. The van der Waals surface area contributed by atoms with E-state index in [0.717, 1.165) is 37.7 Å². The summed E-state index contributed by atoms with van der Waals surface area (Å²) < 4.78 is 15.6. The Kier molecular flexibility index (Phi) is 4.49. The largest absolute Gasteiger partial charge is 0.508 e. The van der Waals surface area contributed by atoms with Crippen molar-refractivity contribution < 1.29 is 9.50 Å². The van der Waals surface area contributed by atoms with Gasteiger partial charge < -0.3 is 5.11 Å². The fourth-order valence-electron chi connectivity index (χ4n) is 6.36. The third-order valence-electron chi connectivity index (χ3n) is 7.78. The van der Waals surface area contributed by atoms with Gasteiger partial charge in [0.15, 0.2) is 0 Å². The van der Waals surface area contributed by atoms with Gasteiger partial charge in [-0.25, -0.2) is 4.39 Å². The van der Waals surface area contributed by atoms with Gasteiger partial charge in [-0.2, -0.15) is 0 Å². The summed E-state index contributed by atoms with van der Waals surface area (Å²) in [6, 6.07) is 5.62. The van der Waals surface area contributed by atoms with Crippen molar-refractivity contribution in [3.8, 4) is 5.75 Å². The van der Waals surface area contributed by atoms with Crippen LogP contribution < -0.4 is 0 Å². The van der Waals surface area contributed by atoms with E-state index in [2.05, 4.69) is 26.5 Å². The molecule has 0 aliphatic heterocycles. The number of phenolic OH excluding ortho intramolecular Hbond substituents is 1. The Morgan fingerprint density at radius 1 is 1.38 bits per heavy atom. The van der Waals surface area contributed by atoms with Crippen LogP contribution in [0.15, 0.2) is 42.5 Å². The number of unbranched alkanes of at least 4 members (excludes halogenated alkanes) is 1. The van der Waals surface area contributed by atoms with E-state index in [-0.39, 0.29) is 11.3 Å².